The molecule has 0 atom stereocenters. The van der Waals surface area contributed by atoms with Crippen molar-refractivity contribution in [2.24, 2.45) is 4.99 Å². The van der Waals surface area contributed by atoms with Gasteiger partial charge in [-0.15, -0.1) is 24.0 Å². The Bertz CT molecular complexity index is 771. The number of likely N-dealkylation sites (N-methyl/N-ethyl adjacent to an activating group) is 1. The average molecular weight is 553 g/mol. The second kappa shape index (κ2) is 13.3. The lowest BCUT2D eigenvalue weighted by molar-refractivity contribution is -0.127. The first-order valence-corrected chi connectivity index (χ1v) is 9.90. The van der Waals surface area contributed by atoms with E-state index in [9.17, 15) is 18.4 Å². The number of hydrogen-bond donors (Lipinski definition) is 2. The standard InChI is InChI=1S/C20H29F2N5O3.HI/c1-4-30-20(29)27-9-7-16(8-10-27)25-19(24-13-18(28)26(2)3)23-12-14-11-15(21)5-6-17(14)22;/h5-6,11,16H,4,7-10,12-13H2,1-3H3,(H2,23,24,25);1H. The lowest BCUT2D eigenvalue weighted by Crippen LogP contribution is -2.51. The maximum absolute atomic E-state index is 13.9. The van der Waals surface area contributed by atoms with Crippen LogP contribution in [0.25, 0.3) is 0 Å². The van der Waals surface area contributed by atoms with Crippen LogP contribution in [0.15, 0.2) is 23.2 Å². The van der Waals surface area contributed by atoms with E-state index in [1.807, 2.05) is 0 Å². The van der Waals surface area contributed by atoms with Gasteiger partial charge in [-0.05, 0) is 38.0 Å². The molecule has 11 heteroatoms. The smallest absolute Gasteiger partial charge is 0.409 e. The number of guanidine groups is 1. The molecule has 1 heterocycles. The number of halogens is 3. The number of benzene rings is 1. The molecule has 31 heavy (non-hydrogen) atoms. The molecule has 1 aromatic rings. The van der Waals surface area contributed by atoms with Crippen LogP contribution in [0, 0.1) is 11.6 Å². The highest BCUT2D eigenvalue weighted by Crippen LogP contribution is 2.13. The first-order chi connectivity index (χ1) is 14.3. The third-order valence-electron chi connectivity index (χ3n) is 4.68. The van der Waals surface area contributed by atoms with Crippen LogP contribution >= 0.6 is 24.0 Å². The molecule has 0 saturated carbocycles. The van der Waals surface area contributed by atoms with Crippen LogP contribution in [-0.4, -0.2) is 74.1 Å². The monoisotopic (exact) mass is 553 g/mol. The Morgan fingerprint density at radius 2 is 1.94 bits per heavy atom. The maximum Gasteiger partial charge on any atom is 0.409 e. The highest BCUT2D eigenvalue weighted by molar-refractivity contribution is 14.0. The van der Waals surface area contributed by atoms with Gasteiger partial charge in [-0.25, -0.2) is 18.6 Å². The van der Waals surface area contributed by atoms with Crippen molar-refractivity contribution in [1.82, 2.24) is 20.4 Å². The van der Waals surface area contributed by atoms with Gasteiger partial charge in [0, 0.05) is 38.8 Å². The van der Waals surface area contributed by atoms with Crippen molar-refractivity contribution < 1.29 is 23.1 Å². The molecule has 174 valence electrons. The summed E-state index contributed by atoms with van der Waals surface area (Å²) in [5.74, 6) is -0.924. The highest BCUT2D eigenvalue weighted by atomic mass is 127. The molecule has 0 bridgehead atoms. The molecule has 0 aromatic heterocycles. The van der Waals surface area contributed by atoms with Gasteiger partial charge in [-0.3, -0.25) is 4.79 Å². The summed E-state index contributed by atoms with van der Waals surface area (Å²) in [7, 11) is 3.28. The number of likely N-dealkylation sites (tertiary alicyclic amines) is 1. The molecule has 1 saturated heterocycles. The molecule has 2 rings (SSSR count). The van der Waals surface area contributed by atoms with Crippen molar-refractivity contribution in [3.63, 3.8) is 0 Å². The van der Waals surface area contributed by atoms with Crippen molar-refractivity contribution in [3.05, 3.63) is 35.4 Å². The summed E-state index contributed by atoms with van der Waals surface area (Å²) in [6.45, 7) is 3.06. The first-order valence-electron chi connectivity index (χ1n) is 9.90. The van der Waals surface area contributed by atoms with Gasteiger partial charge in [0.2, 0.25) is 5.91 Å². The number of nitrogens with zero attached hydrogens (tertiary/aromatic N) is 3. The molecule has 0 radical (unpaired) electrons. The van der Waals surface area contributed by atoms with E-state index in [0.717, 1.165) is 18.2 Å². The normalized spacial score (nSPS) is 14.5. The van der Waals surface area contributed by atoms with Gasteiger partial charge in [-0.1, -0.05) is 0 Å². The summed E-state index contributed by atoms with van der Waals surface area (Å²) in [6, 6.07) is 3.21. The highest BCUT2D eigenvalue weighted by Gasteiger charge is 2.24. The summed E-state index contributed by atoms with van der Waals surface area (Å²) in [6.07, 6.45) is 0.992. The summed E-state index contributed by atoms with van der Waals surface area (Å²) in [5, 5.41) is 6.15. The van der Waals surface area contributed by atoms with Gasteiger partial charge >= 0.3 is 6.09 Å². The molecule has 2 N–H and O–H groups in total. The van der Waals surface area contributed by atoms with E-state index in [-0.39, 0.29) is 60.7 Å². The lowest BCUT2D eigenvalue weighted by Gasteiger charge is -2.32. The third kappa shape index (κ3) is 8.83. The number of carbonyl (C=O) groups is 2. The van der Waals surface area contributed by atoms with Crippen LogP contribution in [0.1, 0.15) is 25.3 Å². The second-order valence-electron chi connectivity index (χ2n) is 7.15. The Morgan fingerprint density at radius 1 is 1.26 bits per heavy atom. The minimum absolute atomic E-state index is 0. The van der Waals surface area contributed by atoms with E-state index < -0.39 is 11.6 Å². The molecule has 1 fully saturated rings. The van der Waals surface area contributed by atoms with Crippen LogP contribution in [-0.2, 0) is 16.1 Å². The Kier molecular flexibility index (Phi) is 11.5. The van der Waals surface area contributed by atoms with Crippen molar-refractivity contribution in [2.75, 3.05) is 40.3 Å². The SMILES string of the molecule is CCOC(=O)N1CCC(NC(=NCc2cc(F)ccc2F)NCC(=O)N(C)C)CC1.I. The van der Waals surface area contributed by atoms with Crippen molar-refractivity contribution in [3.8, 4) is 0 Å². The molecular weight excluding hydrogens is 523 g/mol. The van der Waals surface area contributed by atoms with E-state index in [1.54, 1.807) is 25.9 Å². The second-order valence-corrected chi connectivity index (χ2v) is 7.15. The number of nitrogens with one attached hydrogen (secondary N) is 2. The minimum Gasteiger partial charge on any atom is -0.450 e. The Labute approximate surface area is 198 Å². The van der Waals surface area contributed by atoms with Crippen LogP contribution in [0.2, 0.25) is 0 Å². The largest absolute Gasteiger partial charge is 0.450 e. The lowest BCUT2D eigenvalue weighted by atomic mass is 10.1. The Hall–Kier alpha value is -2.18. The van der Waals surface area contributed by atoms with E-state index in [2.05, 4.69) is 15.6 Å². The summed E-state index contributed by atoms with van der Waals surface area (Å²) in [5.41, 5.74) is 0.118. The van der Waals surface area contributed by atoms with Gasteiger partial charge in [0.05, 0.1) is 19.7 Å². The van der Waals surface area contributed by atoms with Crippen molar-refractivity contribution >= 4 is 41.9 Å². The number of ether oxygens (including phenoxy) is 1. The fourth-order valence-corrected chi connectivity index (χ4v) is 2.91. The van der Waals surface area contributed by atoms with Crippen LogP contribution in [0.3, 0.4) is 0 Å². The minimum atomic E-state index is -0.549. The molecule has 0 spiro atoms. The molecule has 0 aliphatic carbocycles. The molecule has 2 amide bonds. The first kappa shape index (κ1) is 26.9. The predicted octanol–water partition coefficient (Wildman–Crippen LogP) is 2.33. The fraction of sp³-hybridized carbons (Fsp3) is 0.550. The van der Waals surface area contributed by atoms with Crippen LogP contribution in [0.4, 0.5) is 13.6 Å². The molecule has 1 aromatic carbocycles. The van der Waals surface area contributed by atoms with E-state index in [1.165, 1.54) is 4.90 Å². The molecule has 1 aliphatic heterocycles. The number of rotatable bonds is 6. The van der Waals surface area contributed by atoms with Gasteiger partial charge in [0.25, 0.3) is 0 Å². The zero-order chi connectivity index (χ0) is 22.1. The Balaban J connectivity index is 0.00000480. The zero-order valence-electron chi connectivity index (χ0n) is 18.0. The van der Waals surface area contributed by atoms with Gasteiger partial charge in [-0.2, -0.15) is 0 Å². The zero-order valence-corrected chi connectivity index (χ0v) is 20.3. The quantitative estimate of drug-likeness (QED) is 0.321. The number of hydrogen-bond acceptors (Lipinski definition) is 4. The van der Waals surface area contributed by atoms with Crippen LogP contribution in [0.5, 0.6) is 0 Å². The molecule has 0 unspecified atom stereocenters. The average Bonchev–Trinajstić information content (AvgIpc) is 2.72. The predicted molar refractivity (Wildman–Crippen MR) is 124 cm³/mol. The Morgan fingerprint density at radius 3 is 2.55 bits per heavy atom. The summed E-state index contributed by atoms with van der Waals surface area (Å²) < 4.78 is 32.3. The fourth-order valence-electron chi connectivity index (χ4n) is 2.91. The number of carbonyl (C=O) groups excluding carboxylic acids is 2. The van der Waals surface area contributed by atoms with E-state index >= 15 is 0 Å². The number of aliphatic imine (C=N–C) groups is 1. The van der Waals surface area contributed by atoms with Gasteiger partial charge in [0.1, 0.15) is 11.6 Å². The molecule has 8 nitrogen and oxygen atoms in total. The van der Waals surface area contributed by atoms with Crippen molar-refractivity contribution in [1.29, 1.82) is 0 Å². The van der Waals surface area contributed by atoms with Crippen LogP contribution < -0.4 is 10.6 Å². The van der Waals surface area contributed by atoms with E-state index in [0.29, 0.717) is 38.5 Å². The summed E-state index contributed by atoms with van der Waals surface area (Å²) >= 11 is 0. The van der Waals surface area contributed by atoms with Crippen molar-refractivity contribution in [2.45, 2.75) is 32.4 Å². The summed E-state index contributed by atoms with van der Waals surface area (Å²) in [4.78, 5) is 31.1. The maximum atomic E-state index is 13.9. The van der Waals surface area contributed by atoms with E-state index in [4.69, 9.17) is 4.74 Å². The van der Waals surface area contributed by atoms with Gasteiger partial charge < -0.3 is 25.2 Å². The molecule has 1 aliphatic rings. The topological polar surface area (TPSA) is 86.3 Å². The molecular formula is C20H30F2IN5O3. The van der Waals surface area contributed by atoms with Gasteiger partial charge in [0.15, 0.2) is 5.96 Å². The third-order valence-corrected chi connectivity index (χ3v) is 4.68. The number of amides is 2. The number of piperidine rings is 1.